The summed E-state index contributed by atoms with van der Waals surface area (Å²) in [6.07, 6.45) is 1.76. The van der Waals surface area contributed by atoms with Gasteiger partial charge in [-0.1, -0.05) is 6.07 Å². The molecule has 1 amide bonds. The fraction of sp³-hybridized carbons (Fsp3) is 0.375. The fourth-order valence-corrected chi connectivity index (χ4v) is 2.37. The number of amides is 1. The van der Waals surface area contributed by atoms with Crippen LogP contribution >= 0.6 is 0 Å². The van der Waals surface area contributed by atoms with Gasteiger partial charge in [-0.25, -0.2) is 4.99 Å². The molecule has 1 fully saturated rings. The van der Waals surface area contributed by atoms with Crippen LogP contribution in [0.2, 0.25) is 0 Å². The maximum atomic E-state index is 12.2. The average molecular weight is 287 g/mol. The van der Waals surface area contributed by atoms with E-state index in [1.807, 2.05) is 46.1 Å². The number of amidine groups is 1. The molecule has 1 aromatic rings. The van der Waals surface area contributed by atoms with Crippen LogP contribution in [0.15, 0.2) is 29.0 Å². The smallest absolute Gasteiger partial charge is 0.300 e. The quantitative estimate of drug-likeness (QED) is 0.801. The van der Waals surface area contributed by atoms with Gasteiger partial charge in [-0.15, -0.1) is 0 Å². The zero-order valence-corrected chi connectivity index (χ0v) is 13.2. The molecule has 0 atom stereocenters. The molecule has 112 valence electrons. The molecular formula is C16H21N3O2. The monoisotopic (exact) mass is 287 g/mol. The summed E-state index contributed by atoms with van der Waals surface area (Å²) in [5.41, 5.74) is 3.24. The SMILES string of the molecule is CCN1C(=O)/C(=C\c2ccc(N(C)C)c(C)c2)OC1=NC. The van der Waals surface area contributed by atoms with E-state index in [0.717, 1.165) is 16.8 Å². The van der Waals surface area contributed by atoms with E-state index >= 15 is 0 Å². The first-order valence-corrected chi connectivity index (χ1v) is 6.94. The number of likely N-dealkylation sites (N-methyl/N-ethyl adjacent to an activating group) is 1. The van der Waals surface area contributed by atoms with Gasteiger partial charge >= 0.3 is 0 Å². The van der Waals surface area contributed by atoms with Crippen LogP contribution in [0.3, 0.4) is 0 Å². The minimum absolute atomic E-state index is 0.146. The molecule has 0 radical (unpaired) electrons. The Labute approximate surface area is 125 Å². The molecular weight excluding hydrogens is 266 g/mol. The van der Waals surface area contributed by atoms with Gasteiger partial charge in [0, 0.05) is 33.4 Å². The standard InChI is InChI=1S/C16H21N3O2/c1-6-19-15(20)14(21-16(19)17-3)10-12-7-8-13(18(4)5)11(2)9-12/h7-10H,6H2,1-5H3/b14-10+,17-16?. The molecule has 0 N–H and O–H groups in total. The molecule has 5 nitrogen and oxygen atoms in total. The van der Waals surface area contributed by atoms with Gasteiger partial charge in [-0.3, -0.25) is 9.69 Å². The van der Waals surface area contributed by atoms with Crippen LogP contribution in [0.4, 0.5) is 5.69 Å². The minimum atomic E-state index is -0.146. The normalized spacial score (nSPS) is 18.5. The van der Waals surface area contributed by atoms with E-state index in [9.17, 15) is 4.79 Å². The van der Waals surface area contributed by atoms with E-state index in [-0.39, 0.29) is 5.91 Å². The number of benzene rings is 1. The van der Waals surface area contributed by atoms with Gasteiger partial charge in [-0.05, 0) is 43.2 Å². The number of rotatable bonds is 3. The third kappa shape index (κ3) is 2.91. The molecule has 0 aliphatic carbocycles. The van der Waals surface area contributed by atoms with Crippen LogP contribution in [0.1, 0.15) is 18.1 Å². The molecule has 0 aromatic heterocycles. The van der Waals surface area contributed by atoms with Crippen molar-refractivity contribution in [3.8, 4) is 0 Å². The topological polar surface area (TPSA) is 45.1 Å². The summed E-state index contributed by atoms with van der Waals surface area (Å²) in [4.78, 5) is 19.8. The first-order chi connectivity index (χ1) is 9.97. The third-order valence-electron chi connectivity index (χ3n) is 3.40. The Kier molecular flexibility index (Phi) is 4.31. The van der Waals surface area contributed by atoms with Crippen LogP contribution in [0.25, 0.3) is 6.08 Å². The van der Waals surface area contributed by atoms with Crippen molar-refractivity contribution in [3.05, 3.63) is 35.1 Å². The Morgan fingerprint density at radius 2 is 2.10 bits per heavy atom. The summed E-state index contributed by atoms with van der Waals surface area (Å²) in [7, 11) is 5.63. The highest BCUT2D eigenvalue weighted by molar-refractivity contribution is 6.11. The van der Waals surface area contributed by atoms with Crippen LogP contribution in [0, 0.1) is 6.92 Å². The van der Waals surface area contributed by atoms with Crippen molar-refractivity contribution < 1.29 is 9.53 Å². The molecule has 5 heteroatoms. The predicted molar refractivity (Wildman–Crippen MR) is 85.3 cm³/mol. The number of carbonyl (C=O) groups is 1. The van der Waals surface area contributed by atoms with Crippen molar-refractivity contribution in [2.45, 2.75) is 13.8 Å². The van der Waals surface area contributed by atoms with E-state index in [4.69, 9.17) is 4.74 Å². The summed E-state index contributed by atoms with van der Waals surface area (Å²) in [6, 6.07) is 6.41. The van der Waals surface area contributed by atoms with Gasteiger partial charge in [0.05, 0.1) is 0 Å². The lowest BCUT2D eigenvalue weighted by Crippen LogP contribution is -2.29. The summed E-state index contributed by atoms with van der Waals surface area (Å²) >= 11 is 0. The molecule has 1 aromatic carbocycles. The lowest BCUT2D eigenvalue weighted by molar-refractivity contribution is -0.122. The Hall–Kier alpha value is -2.30. The largest absolute Gasteiger partial charge is 0.420 e. The lowest BCUT2D eigenvalue weighted by atomic mass is 10.1. The number of nitrogens with zero attached hydrogens (tertiary/aromatic N) is 3. The van der Waals surface area contributed by atoms with E-state index in [1.165, 1.54) is 4.90 Å². The number of aliphatic imine (C=N–C) groups is 1. The molecule has 1 aliphatic heterocycles. The molecule has 21 heavy (non-hydrogen) atoms. The Morgan fingerprint density at radius 3 is 2.57 bits per heavy atom. The summed E-state index contributed by atoms with van der Waals surface area (Å²) in [6.45, 7) is 4.48. The number of anilines is 1. The predicted octanol–water partition coefficient (Wildman–Crippen LogP) is 2.27. The minimum Gasteiger partial charge on any atom is -0.420 e. The zero-order valence-electron chi connectivity index (χ0n) is 13.2. The Morgan fingerprint density at radius 1 is 1.38 bits per heavy atom. The molecule has 1 aliphatic rings. The van der Waals surface area contributed by atoms with Gasteiger partial charge in [0.2, 0.25) is 0 Å². The van der Waals surface area contributed by atoms with E-state index in [2.05, 4.69) is 9.89 Å². The third-order valence-corrected chi connectivity index (χ3v) is 3.40. The average Bonchev–Trinajstić information content (AvgIpc) is 2.74. The number of ether oxygens (including phenoxy) is 1. The maximum absolute atomic E-state index is 12.2. The molecule has 1 heterocycles. The van der Waals surface area contributed by atoms with Crippen molar-refractivity contribution in [2.75, 3.05) is 32.6 Å². The Bertz CT molecular complexity index is 618. The molecule has 0 bridgehead atoms. The highest BCUT2D eigenvalue weighted by atomic mass is 16.5. The van der Waals surface area contributed by atoms with Gasteiger partial charge in [-0.2, -0.15) is 0 Å². The number of hydrogen-bond acceptors (Lipinski definition) is 4. The highest BCUT2D eigenvalue weighted by Crippen LogP contribution is 2.23. The van der Waals surface area contributed by atoms with E-state index in [0.29, 0.717) is 18.3 Å². The van der Waals surface area contributed by atoms with Crippen LogP contribution in [-0.4, -0.2) is 44.5 Å². The van der Waals surface area contributed by atoms with Crippen molar-refractivity contribution in [3.63, 3.8) is 0 Å². The van der Waals surface area contributed by atoms with Crippen LogP contribution in [0.5, 0.6) is 0 Å². The molecule has 1 saturated heterocycles. The number of hydrogen-bond donors (Lipinski definition) is 0. The molecule has 2 rings (SSSR count). The zero-order chi connectivity index (χ0) is 15.6. The fourth-order valence-electron chi connectivity index (χ4n) is 2.37. The van der Waals surface area contributed by atoms with Crippen molar-refractivity contribution in [1.29, 1.82) is 0 Å². The lowest BCUT2D eigenvalue weighted by Gasteiger charge is -2.15. The van der Waals surface area contributed by atoms with Crippen molar-refractivity contribution >= 4 is 23.7 Å². The number of carbonyl (C=O) groups excluding carboxylic acids is 1. The van der Waals surface area contributed by atoms with E-state index < -0.39 is 0 Å². The van der Waals surface area contributed by atoms with Gasteiger partial charge in [0.25, 0.3) is 11.9 Å². The molecule has 0 unspecified atom stereocenters. The summed E-state index contributed by atoms with van der Waals surface area (Å²) < 4.78 is 5.52. The van der Waals surface area contributed by atoms with Crippen molar-refractivity contribution in [2.24, 2.45) is 4.99 Å². The van der Waals surface area contributed by atoms with Crippen molar-refractivity contribution in [1.82, 2.24) is 4.90 Å². The van der Waals surface area contributed by atoms with Crippen LogP contribution < -0.4 is 4.90 Å². The second kappa shape index (κ2) is 5.99. The molecule has 0 spiro atoms. The van der Waals surface area contributed by atoms with Gasteiger partial charge in [0.15, 0.2) is 5.76 Å². The highest BCUT2D eigenvalue weighted by Gasteiger charge is 2.32. The number of aryl methyl sites for hydroxylation is 1. The van der Waals surface area contributed by atoms with Crippen LogP contribution in [-0.2, 0) is 9.53 Å². The maximum Gasteiger partial charge on any atom is 0.300 e. The Balaban J connectivity index is 2.33. The van der Waals surface area contributed by atoms with Gasteiger partial charge < -0.3 is 9.64 Å². The first kappa shape index (κ1) is 15.1. The summed E-state index contributed by atoms with van der Waals surface area (Å²) in [5.74, 6) is 0.168. The second-order valence-corrected chi connectivity index (χ2v) is 5.11. The summed E-state index contributed by atoms with van der Waals surface area (Å²) in [5, 5.41) is 0. The van der Waals surface area contributed by atoms with Gasteiger partial charge in [0.1, 0.15) is 0 Å². The molecule has 0 saturated carbocycles. The van der Waals surface area contributed by atoms with E-state index in [1.54, 1.807) is 13.1 Å². The second-order valence-electron chi connectivity index (χ2n) is 5.11. The first-order valence-electron chi connectivity index (χ1n) is 6.94.